The van der Waals surface area contributed by atoms with Gasteiger partial charge in [0.25, 0.3) is 11.8 Å². The number of imidazole rings is 1. The molecule has 0 saturated carbocycles. The second kappa shape index (κ2) is 16.5. The number of hydrogen-bond acceptors (Lipinski definition) is 11. The number of piperidine rings is 2. The van der Waals surface area contributed by atoms with E-state index in [-0.39, 0.29) is 36.0 Å². The molecule has 2 N–H and O–H groups in total. The molecule has 1 unspecified atom stereocenters. The predicted octanol–water partition coefficient (Wildman–Crippen LogP) is 4.63. The number of amides is 5. The Hall–Kier alpha value is -5.67. The van der Waals surface area contributed by atoms with Gasteiger partial charge in [0, 0.05) is 100 Å². The van der Waals surface area contributed by atoms with Crippen molar-refractivity contribution in [2.24, 2.45) is 0 Å². The zero-order valence-corrected chi connectivity index (χ0v) is 33.4. The number of unbranched alkanes of at least 4 members (excludes halogenated alkanes) is 1. The third kappa shape index (κ3) is 7.57. The SMILES string of the molecule is CC(=O)N1CCn2c(C3CCOCC3)nc(-c3ccnc4cc(N5CCC(OCCCCNc6cccc7c6C(=O)N(C6CCC(=O)NC6=O)C7=O)CC5)ccc34)c2C1. The van der Waals surface area contributed by atoms with Gasteiger partial charge in [-0.15, -0.1) is 0 Å². The lowest BCUT2D eigenvalue weighted by atomic mass is 9.99. The van der Waals surface area contributed by atoms with Crippen LogP contribution in [-0.4, -0.2) is 112 Å². The van der Waals surface area contributed by atoms with Crippen molar-refractivity contribution in [3.63, 3.8) is 0 Å². The summed E-state index contributed by atoms with van der Waals surface area (Å²) in [4.78, 5) is 78.5. The van der Waals surface area contributed by atoms with Gasteiger partial charge in [0.15, 0.2) is 0 Å². The quantitative estimate of drug-likeness (QED) is 0.160. The topological polar surface area (TPSA) is 168 Å². The normalized spacial score (nSPS) is 20.3. The Balaban J connectivity index is 0.779. The molecule has 5 aliphatic rings. The van der Waals surface area contributed by atoms with E-state index >= 15 is 0 Å². The second-order valence-corrected chi connectivity index (χ2v) is 16.2. The lowest BCUT2D eigenvalue weighted by Gasteiger charge is -2.33. The molecular formula is C44H50N8O7. The molecule has 3 saturated heterocycles. The van der Waals surface area contributed by atoms with Crippen LogP contribution in [0.5, 0.6) is 0 Å². The fourth-order valence-corrected chi connectivity index (χ4v) is 9.33. The molecule has 4 aromatic rings. The molecule has 5 aliphatic heterocycles. The van der Waals surface area contributed by atoms with E-state index in [0.717, 1.165) is 116 Å². The predicted molar refractivity (Wildman–Crippen MR) is 219 cm³/mol. The Kier molecular flexibility index (Phi) is 10.9. The Morgan fingerprint density at radius 1 is 0.932 bits per heavy atom. The third-order valence-corrected chi connectivity index (χ3v) is 12.6. The standard InChI is InChI=1S/C44H50N8O7/c1-27(53)50-20-21-51-37(26-50)40(48-41(51)28-14-23-58-24-15-28)32-11-17-46-35-25-29(7-8-31(32)35)49-18-12-30(13-19-49)59-22-3-2-16-45-34-6-4-5-33-39(34)44(57)52(43(33)56)36-9-10-38(54)47-42(36)55/h4-8,11,17,25,28,30,36,45H,2-3,9-10,12-16,18-24,26H2,1H3,(H,47,54,55). The number of ether oxygens (including phenoxy) is 2. The van der Waals surface area contributed by atoms with Crippen LogP contribution in [-0.2, 0) is 36.9 Å². The smallest absolute Gasteiger partial charge is 0.264 e. The second-order valence-electron chi connectivity index (χ2n) is 16.2. The van der Waals surface area contributed by atoms with E-state index in [0.29, 0.717) is 37.8 Å². The molecule has 308 valence electrons. The van der Waals surface area contributed by atoms with Crippen LogP contribution in [0.4, 0.5) is 11.4 Å². The fourth-order valence-electron chi connectivity index (χ4n) is 9.33. The third-order valence-electron chi connectivity index (χ3n) is 12.6. The number of carbonyl (C=O) groups excluding carboxylic acids is 5. The number of imide groups is 2. The average molecular weight is 803 g/mol. The Morgan fingerprint density at radius 2 is 1.76 bits per heavy atom. The molecule has 5 amide bonds. The summed E-state index contributed by atoms with van der Waals surface area (Å²) < 4.78 is 14.3. The van der Waals surface area contributed by atoms with Crippen LogP contribution in [0.25, 0.3) is 22.2 Å². The highest BCUT2D eigenvalue weighted by Crippen LogP contribution is 2.38. The number of pyridine rings is 1. The summed E-state index contributed by atoms with van der Waals surface area (Å²) in [5, 5.41) is 6.60. The van der Waals surface area contributed by atoms with Crippen molar-refractivity contribution in [2.75, 3.05) is 56.2 Å². The van der Waals surface area contributed by atoms with Crippen LogP contribution in [0.2, 0.25) is 0 Å². The molecule has 7 heterocycles. The van der Waals surface area contributed by atoms with Gasteiger partial charge in [0.2, 0.25) is 17.7 Å². The Bertz CT molecular complexity index is 2310. The van der Waals surface area contributed by atoms with Crippen LogP contribution in [0, 0.1) is 0 Å². The lowest BCUT2D eigenvalue weighted by Crippen LogP contribution is -2.54. The van der Waals surface area contributed by atoms with Gasteiger partial charge in [0.1, 0.15) is 11.9 Å². The Labute approximate surface area is 342 Å². The van der Waals surface area contributed by atoms with Crippen molar-refractivity contribution in [1.82, 2.24) is 29.7 Å². The zero-order valence-electron chi connectivity index (χ0n) is 33.4. The lowest BCUT2D eigenvalue weighted by molar-refractivity contribution is -0.136. The summed E-state index contributed by atoms with van der Waals surface area (Å²) in [7, 11) is 0. The molecule has 0 bridgehead atoms. The minimum atomic E-state index is -0.993. The van der Waals surface area contributed by atoms with Crippen LogP contribution in [0.15, 0.2) is 48.7 Å². The Morgan fingerprint density at radius 3 is 2.56 bits per heavy atom. The summed E-state index contributed by atoms with van der Waals surface area (Å²) >= 11 is 0. The minimum Gasteiger partial charge on any atom is -0.384 e. The first-order chi connectivity index (χ1) is 28.7. The maximum atomic E-state index is 13.4. The highest BCUT2D eigenvalue weighted by molar-refractivity contribution is 6.25. The molecule has 15 heteroatoms. The molecule has 3 fully saturated rings. The molecule has 9 rings (SSSR count). The van der Waals surface area contributed by atoms with Crippen LogP contribution < -0.4 is 15.5 Å². The molecule has 0 spiro atoms. The minimum absolute atomic E-state index is 0.0808. The number of nitrogens with one attached hydrogen (secondary N) is 2. The van der Waals surface area contributed by atoms with Crippen LogP contribution in [0.1, 0.15) is 96.4 Å². The number of aromatic nitrogens is 3. The summed E-state index contributed by atoms with van der Waals surface area (Å²) in [6.07, 6.45) is 7.63. The van der Waals surface area contributed by atoms with Gasteiger partial charge in [-0.1, -0.05) is 12.1 Å². The van der Waals surface area contributed by atoms with E-state index in [1.54, 1.807) is 25.1 Å². The molecule has 0 aliphatic carbocycles. The zero-order chi connectivity index (χ0) is 40.6. The van der Waals surface area contributed by atoms with E-state index < -0.39 is 29.7 Å². The number of nitrogens with zero attached hydrogens (tertiary/aromatic N) is 6. The van der Waals surface area contributed by atoms with E-state index in [1.807, 2.05) is 11.1 Å². The number of benzene rings is 2. The summed E-state index contributed by atoms with van der Waals surface area (Å²) in [6.45, 7) is 8.09. The average Bonchev–Trinajstić information content (AvgIpc) is 3.76. The van der Waals surface area contributed by atoms with E-state index in [4.69, 9.17) is 19.4 Å². The maximum Gasteiger partial charge on any atom is 0.264 e. The van der Waals surface area contributed by atoms with Crippen molar-refractivity contribution in [2.45, 2.75) is 89.4 Å². The maximum absolute atomic E-state index is 13.4. The summed E-state index contributed by atoms with van der Waals surface area (Å²) in [5.74, 6) is -0.516. The highest BCUT2D eigenvalue weighted by atomic mass is 16.5. The van der Waals surface area contributed by atoms with Gasteiger partial charge < -0.3 is 29.2 Å². The molecule has 2 aromatic heterocycles. The van der Waals surface area contributed by atoms with E-state index in [2.05, 4.69) is 44.4 Å². The van der Waals surface area contributed by atoms with Gasteiger partial charge in [-0.05, 0) is 75.3 Å². The van der Waals surface area contributed by atoms with Crippen molar-refractivity contribution in [1.29, 1.82) is 0 Å². The van der Waals surface area contributed by atoms with Gasteiger partial charge in [-0.25, -0.2) is 4.98 Å². The van der Waals surface area contributed by atoms with Crippen molar-refractivity contribution in [3.8, 4) is 11.3 Å². The van der Waals surface area contributed by atoms with E-state index in [1.165, 1.54) is 0 Å². The van der Waals surface area contributed by atoms with Crippen molar-refractivity contribution in [3.05, 3.63) is 71.3 Å². The summed E-state index contributed by atoms with van der Waals surface area (Å²) in [6, 6.07) is 12.7. The highest BCUT2D eigenvalue weighted by Gasteiger charge is 2.45. The molecule has 1 atom stereocenters. The molecule has 15 nitrogen and oxygen atoms in total. The van der Waals surface area contributed by atoms with Gasteiger partial charge >= 0.3 is 0 Å². The summed E-state index contributed by atoms with van der Waals surface area (Å²) in [5.41, 5.74) is 6.23. The van der Waals surface area contributed by atoms with Gasteiger partial charge in [-0.3, -0.25) is 39.2 Å². The molecule has 2 aromatic carbocycles. The monoisotopic (exact) mass is 802 g/mol. The first-order valence-electron chi connectivity index (χ1n) is 21.0. The number of rotatable bonds is 11. The largest absolute Gasteiger partial charge is 0.384 e. The number of anilines is 2. The van der Waals surface area contributed by atoms with E-state index in [9.17, 15) is 24.0 Å². The fraction of sp³-hybridized carbons (Fsp3) is 0.477. The van der Waals surface area contributed by atoms with Crippen LogP contribution in [0.3, 0.4) is 0 Å². The van der Waals surface area contributed by atoms with Crippen LogP contribution >= 0.6 is 0 Å². The molecule has 59 heavy (non-hydrogen) atoms. The van der Waals surface area contributed by atoms with Crippen molar-refractivity contribution >= 4 is 51.8 Å². The van der Waals surface area contributed by atoms with Gasteiger partial charge in [0.05, 0.1) is 40.7 Å². The van der Waals surface area contributed by atoms with Crippen molar-refractivity contribution < 1.29 is 33.4 Å². The number of fused-ring (bicyclic) bond motifs is 3. The van der Waals surface area contributed by atoms with Gasteiger partial charge in [-0.2, -0.15) is 0 Å². The first kappa shape index (κ1) is 38.8. The molecule has 0 radical (unpaired) electrons. The number of hydrogen-bond donors (Lipinski definition) is 2. The molecular weight excluding hydrogens is 753 g/mol. The number of carbonyl (C=O) groups is 5. The first-order valence-corrected chi connectivity index (χ1v) is 21.0.